The normalized spacial score (nSPS) is 12.7. The van der Waals surface area contributed by atoms with Gasteiger partial charge < -0.3 is 5.11 Å². The largest absolute Gasteiger partial charge is 0.379 e. The Balaban J connectivity index is 2.29. The quantitative estimate of drug-likeness (QED) is 0.807. The van der Waals surface area contributed by atoms with Crippen molar-refractivity contribution in [3.8, 4) is 0 Å². The topological polar surface area (TPSA) is 58.9 Å². The molecule has 0 radical (unpaired) electrons. The van der Waals surface area contributed by atoms with Crippen molar-refractivity contribution >= 4 is 11.3 Å². The van der Waals surface area contributed by atoms with Gasteiger partial charge in [-0.3, -0.25) is 9.97 Å². The Kier molecular flexibility index (Phi) is 2.51. The second-order valence-corrected chi connectivity index (χ2v) is 3.75. The summed E-state index contributed by atoms with van der Waals surface area (Å²) in [5.41, 5.74) is 1.44. The van der Waals surface area contributed by atoms with E-state index in [0.29, 0.717) is 10.7 Å². The number of nitrogens with zero attached hydrogens (tertiary/aromatic N) is 3. The summed E-state index contributed by atoms with van der Waals surface area (Å²) in [4.78, 5) is 12.1. The molecular weight excluding hydrogens is 198 g/mol. The van der Waals surface area contributed by atoms with E-state index in [-0.39, 0.29) is 0 Å². The van der Waals surface area contributed by atoms with E-state index in [1.54, 1.807) is 18.6 Å². The van der Waals surface area contributed by atoms with Crippen molar-refractivity contribution in [3.05, 3.63) is 40.4 Å². The van der Waals surface area contributed by atoms with Gasteiger partial charge in [-0.05, 0) is 6.92 Å². The molecule has 2 aromatic rings. The summed E-state index contributed by atoms with van der Waals surface area (Å²) in [5, 5.41) is 12.4. The fourth-order valence-corrected chi connectivity index (χ4v) is 1.87. The molecule has 14 heavy (non-hydrogen) atoms. The molecule has 0 bridgehead atoms. The van der Waals surface area contributed by atoms with Gasteiger partial charge in [0.2, 0.25) is 0 Å². The fourth-order valence-electron chi connectivity index (χ4n) is 1.08. The second kappa shape index (κ2) is 3.81. The summed E-state index contributed by atoms with van der Waals surface area (Å²) in [6, 6.07) is 0. The number of aryl methyl sites for hydroxylation is 1. The molecule has 0 saturated carbocycles. The lowest BCUT2D eigenvalue weighted by atomic mass is 10.3. The van der Waals surface area contributed by atoms with Crippen LogP contribution < -0.4 is 0 Å². The molecule has 0 aliphatic heterocycles. The number of rotatable bonds is 2. The molecule has 1 unspecified atom stereocenters. The first kappa shape index (κ1) is 9.23. The number of aliphatic hydroxyl groups is 1. The molecule has 1 N–H and O–H groups in total. The monoisotopic (exact) mass is 207 g/mol. The standard InChI is InChI=1S/C9H9N3OS/c1-6-5-14-9(12-6)8(13)7-4-10-2-3-11-7/h2-5,8,13H,1H3. The highest BCUT2D eigenvalue weighted by Crippen LogP contribution is 2.22. The molecule has 0 fully saturated rings. The zero-order chi connectivity index (χ0) is 9.97. The van der Waals surface area contributed by atoms with Crippen LogP contribution in [0.2, 0.25) is 0 Å². The zero-order valence-corrected chi connectivity index (χ0v) is 8.40. The minimum absolute atomic E-state index is 0.529. The van der Waals surface area contributed by atoms with Crippen molar-refractivity contribution in [3.63, 3.8) is 0 Å². The Morgan fingerprint density at radius 3 is 2.86 bits per heavy atom. The highest BCUT2D eigenvalue weighted by Gasteiger charge is 2.14. The third-order valence-corrected chi connectivity index (χ3v) is 2.75. The Labute approximate surface area is 85.3 Å². The lowest BCUT2D eigenvalue weighted by Crippen LogP contribution is -2.02. The van der Waals surface area contributed by atoms with Crippen LogP contribution >= 0.6 is 11.3 Å². The molecule has 2 heterocycles. The minimum atomic E-state index is -0.762. The van der Waals surface area contributed by atoms with E-state index in [0.717, 1.165) is 5.69 Å². The first-order valence-corrected chi connectivity index (χ1v) is 5.01. The smallest absolute Gasteiger partial charge is 0.149 e. The van der Waals surface area contributed by atoms with Crippen molar-refractivity contribution in [2.24, 2.45) is 0 Å². The number of aromatic nitrogens is 3. The maximum atomic E-state index is 9.85. The average Bonchev–Trinajstić information content (AvgIpc) is 2.65. The van der Waals surface area contributed by atoms with Crippen LogP contribution in [0.15, 0.2) is 24.0 Å². The summed E-state index contributed by atoms with van der Waals surface area (Å²) in [5.74, 6) is 0. The van der Waals surface area contributed by atoms with E-state index in [9.17, 15) is 5.11 Å². The minimum Gasteiger partial charge on any atom is -0.379 e. The van der Waals surface area contributed by atoms with Crippen LogP contribution in [0, 0.1) is 6.92 Å². The number of aliphatic hydroxyl groups excluding tert-OH is 1. The van der Waals surface area contributed by atoms with Gasteiger partial charge in [0.15, 0.2) is 0 Å². The van der Waals surface area contributed by atoms with Gasteiger partial charge in [0.25, 0.3) is 0 Å². The maximum Gasteiger partial charge on any atom is 0.149 e. The maximum absolute atomic E-state index is 9.85. The first-order valence-electron chi connectivity index (χ1n) is 4.13. The lowest BCUT2D eigenvalue weighted by molar-refractivity contribution is 0.214. The van der Waals surface area contributed by atoms with Crippen LogP contribution in [0.4, 0.5) is 0 Å². The van der Waals surface area contributed by atoms with E-state index in [2.05, 4.69) is 15.0 Å². The van der Waals surface area contributed by atoms with E-state index in [4.69, 9.17) is 0 Å². The summed E-state index contributed by atoms with van der Waals surface area (Å²) in [7, 11) is 0. The Morgan fingerprint density at radius 2 is 2.29 bits per heavy atom. The van der Waals surface area contributed by atoms with Gasteiger partial charge in [0.05, 0.1) is 11.9 Å². The third-order valence-electron chi connectivity index (χ3n) is 1.73. The number of thiazole rings is 1. The Bertz CT molecular complexity index is 415. The van der Waals surface area contributed by atoms with E-state index < -0.39 is 6.10 Å². The van der Waals surface area contributed by atoms with Crippen molar-refractivity contribution in [2.75, 3.05) is 0 Å². The molecular formula is C9H9N3OS. The van der Waals surface area contributed by atoms with Gasteiger partial charge in [-0.15, -0.1) is 11.3 Å². The lowest BCUT2D eigenvalue weighted by Gasteiger charge is -2.04. The molecule has 0 saturated heterocycles. The molecule has 0 spiro atoms. The molecule has 72 valence electrons. The molecule has 0 amide bonds. The van der Waals surface area contributed by atoms with Crippen molar-refractivity contribution < 1.29 is 5.11 Å². The second-order valence-electron chi connectivity index (χ2n) is 2.86. The summed E-state index contributed by atoms with van der Waals surface area (Å²) in [6.45, 7) is 1.89. The van der Waals surface area contributed by atoms with Crippen molar-refractivity contribution in [1.82, 2.24) is 15.0 Å². The van der Waals surface area contributed by atoms with Gasteiger partial charge in [-0.2, -0.15) is 0 Å². The van der Waals surface area contributed by atoms with Gasteiger partial charge in [0.1, 0.15) is 11.1 Å². The summed E-state index contributed by atoms with van der Waals surface area (Å²) < 4.78 is 0. The van der Waals surface area contributed by atoms with Gasteiger partial charge >= 0.3 is 0 Å². The van der Waals surface area contributed by atoms with Crippen LogP contribution in [0.25, 0.3) is 0 Å². The predicted molar refractivity (Wildman–Crippen MR) is 52.9 cm³/mol. The highest BCUT2D eigenvalue weighted by atomic mass is 32.1. The van der Waals surface area contributed by atoms with Crippen LogP contribution in [0.3, 0.4) is 0 Å². The van der Waals surface area contributed by atoms with Gasteiger partial charge in [0, 0.05) is 23.5 Å². The first-order chi connectivity index (χ1) is 6.77. The number of hydrogen-bond acceptors (Lipinski definition) is 5. The molecule has 2 aromatic heterocycles. The van der Waals surface area contributed by atoms with Crippen molar-refractivity contribution in [2.45, 2.75) is 13.0 Å². The molecule has 0 aliphatic carbocycles. The van der Waals surface area contributed by atoms with Crippen molar-refractivity contribution in [1.29, 1.82) is 0 Å². The van der Waals surface area contributed by atoms with E-state index in [1.807, 2.05) is 12.3 Å². The predicted octanol–water partition coefficient (Wildman–Crippen LogP) is 1.32. The summed E-state index contributed by atoms with van der Waals surface area (Å²) >= 11 is 1.42. The Hall–Kier alpha value is -1.33. The third kappa shape index (κ3) is 1.78. The van der Waals surface area contributed by atoms with Crippen LogP contribution in [0.5, 0.6) is 0 Å². The molecule has 4 nitrogen and oxygen atoms in total. The molecule has 1 atom stereocenters. The van der Waals surface area contributed by atoms with Gasteiger partial charge in [-0.25, -0.2) is 4.98 Å². The van der Waals surface area contributed by atoms with Crippen LogP contribution in [0.1, 0.15) is 22.5 Å². The van der Waals surface area contributed by atoms with Gasteiger partial charge in [-0.1, -0.05) is 0 Å². The molecule has 0 aliphatic rings. The van der Waals surface area contributed by atoms with Crippen LogP contribution in [-0.4, -0.2) is 20.1 Å². The van der Waals surface area contributed by atoms with Crippen LogP contribution in [-0.2, 0) is 0 Å². The molecule has 2 rings (SSSR count). The molecule has 5 heteroatoms. The zero-order valence-electron chi connectivity index (χ0n) is 7.58. The SMILES string of the molecule is Cc1csc(C(O)c2cnccn2)n1. The highest BCUT2D eigenvalue weighted by molar-refractivity contribution is 7.09. The average molecular weight is 207 g/mol. The summed E-state index contributed by atoms with van der Waals surface area (Å²) in [6.07, 6.45) is 3.91. The fraction of sp³-hybridized carbons (Fsp3) is 0.222. The number of hydrogen-bond donors (Lipinski definition) is 1. The van der Waals surface area contributed by atoms with E-state index in [1.165, 1.54) is 11.3 Å². The Morgan fingerprint density at radius 1 is 1.43 bits per heavy atom. The van der Waals surface area contributed by atoms with E-state index >= 15 is 0 Å². The molecule has 0 aromatic carbocycles.